The maximum absolute atomic E-state index is 12.4. The van der Waals surface area contributed by atoms with Gasteiger partial charge in [-0.05, 0) is 24.3 Å². The lowest BCUT2D eigenvalue weighted by molar-refractivity contribution is -0.158. The van der Waals surface area contributed by atoms with Gasteiger partial charge in [-0.3, -0.25) is 14.4 Å². The fourth-order valence-electron chi connectivity index (χ4n) is 2.12. The van der Waals surface area contributed by atoms with Gasteiger partial charge in [-0.15, -0.1) is 0 Å². The zero-order chi connectivity index (χ0) is 19.7. The van der Waals surface area contributed by atoms with Gasteiger partial charge in [-0.1, -0.05) is 0 Å². The lowest BCUT2D eigenvalue weighted by atomic mass is 9.95. The van der Waals surface area contributed by atoms with Crippen LogP contribution in [-0.4, -0.2) is 51.2 Å². The molecule has 1 aromatic rings. The number of benzene rings is 1. The molecule has 0 unspecified atom stereocenters. The minimum atomic E-state index is -1.46. The minimum Gasteiger partial charge on any atom is -0.469 e. The highest BCUT2D eigenvalue weighted by molar-refractivity contribution is 5.98. The van der Waals surface area contributed by atoms with Gasteiger partial charge in [-0.25, -0.2) is 4.79 Å². The third-order valence-electron chi connectivity index (χ3n) is 3.54. The third kappa shape index (κ3) is 5.31. The van der Waals surface area contributed by atoms with Crippen LogP contribution in [0.1, 0.15) is 22.3 Å². The first-order valence-electron chi connectivity index (χ1n) is 7.41. The average molecular weight is 362 g/mol. The smallest absolute Gasteiger partial charge is 0.329 e. The maximum Gasteiger partial charge on any atom is 0.329 e. The summed E-state index contributed by atoms with van der Waals surface area (Å²) in [6, 6.07) is 6.07. The third-order valence-corrected chi connectivity index (χ3v) is 3.54. The lowest BCUT2D eigenvalue weighted by Gasteiger charge is -2.23. The largest absolute Gasteiger partial charge is 0.469 e. The number of ether oxygens (including phenoxy) is 3. The number of hydrogen-bond donors (Lipinski definition) is 1. The highest BCUT2D eigenvalue weighted by Crippen LogP contribution is 2.15. The Morgan fingerprint density at radius 3 is 2.04 bits per heavy atom. The molecule has 0 radical (unpaired) electrons. The fourth-order valence-corrected chi connectivity index (χ4v) is 2.12. The summed E-state index contributed by atoms with van der Waals surface area (Å²) in [5.41, 5.74) is 0.504. The van der Waals surface area contributed by atoms with Gasteiger partial charge >= 0.3 is 17.9 Å². The van der Waals surface area contributed by atoms with E-state index >= 15 is 0 Å². The zero-order valence-corrected chi connectivity index (χ0v) is 14.5. The molecule has 0 spiro atoms. The topological polar surface area (TPSA) is 132 Å². The van der Waals surface area contributed by atoms with Crippen molar-refractivity contribution in [2.45, 2.75) is 12.5 Å². The number of nitrogens with zero attached hydrogens (tertiary/aromatic N) is 1. The Kier molecular flexibility index (Phi) is 7.76. The van der Waals surface area contributed by atoms with Crippen molar-refractivity contribution < 1.29 is 33.4 Å². The molecule has 1 rings (SSSR count). The van der Waals surface area contributed by atoms with Crippen molar-refractivity contribution in [3.05, 3.63) is 35.4 Å². The Hall–Kier alpha value is -3.41. The number of methoxy groups -OCH3 is 3. The Labute approximate surface area is 149 Å². The number of rotatable bonds is 7. The van der Waals surface area contributed by atoms with Crippen molar-refractivity contribution in [3.63, 3.8) is 0 Å². The highest BCUT2D eigenvalue weighted by Gasteiger charge is 2.38. The number of amides is 1. The van der Waals surface area contributed by atoms with Crippen LogP contribution in [0, 0.1) is 17.2 Å². The summed E-state index contributed by atoms with van der Waals surface area (Å²) in [7, 11) is 3.29. The summed E-state index contributed by atoms with van der Waals surface area (Å²) in [5, 5.41) is 11.1. The molecule has 138 valence electrons. The molecule has 0 aromatic heterocycles. The standard InChI is InChI=1S/C17H18N2O7/c1-24-13(20)8-12(16(22)25-2)14(17(23)26-3)19-15(21)11-6-4-10(9-18)5-7-11/h4-7,12,14H,8H2,1-3H3,(H,19,21)/t12-,14+/m1/s1. The van der Waals surface area contributed by atoms with Crippen LogP contribution in [0.5, 0.6) is 0 Å². The van der Waals surface area contributed by atoms with Gasteiger partial charge < -0.3 is 19.5 Å². The SMILES string of the molecule is COC(=O)C[C@@H](C(=O)OC)[C@H](NC(=O)c1ccc(C#N)cc1)C(=O)OC. The molecule has 2 atom stereocenters. The molecule has 0 saturated heterocycles. The summed E-state index contributed by atoms with van der Waals surface area (Å²) in [6.45, 7) is 0. The van der Waals surface area contributed by atoms with Crippen LogP contribution in [-0.2, 0) is 28.6 Å². The molecule has 1 aromatic carbocycles. The second-order valence-electron chi connectivity index (χ2n) is 5.07. The highest BCUT2D eigenvalue weighted by atomic mass is 16.5. The number of carbonyl (C=O) groups is 4. The summed E-state index contributed by atoms with van der Waals surface area (Å²) in [5.74, 6) is -4.59. The first-order chi connectivity index (χ1) is 12.4. The number of nitriles is 1. The molecule has 26 heavy (non-hydrogen) atoms. The van der Waals surface area contributed by atoms with Crippen LogP contribution in [0.4, 0.5) is 0 Å². The Morgan fingerprint density at radius 2 is 1.58 bits per heavy atom. The fraction of sp³-hybridized carbons (Fsp3) is 0.353. The van der Waals surface area contributed by atoms with Crippen LogP contribution in [0.25, 0.3) is 0 Å². The zero-order valence-electron chi connectivity index (χ0n) is 14.5. The number of hydrogen-bond acceptors (Lipinski definition) is 8. The monoisotopic (exact) mass is 362 g/mol. The number of esters is 3. The first kappa shape index (κ1) is 20.6. The van der Waals surface area contributed by atoms with Crippen LogP contribution < -0.4 is 5.32 Å². The van der Waals surface area contributed by atoms with E-state index in [4.69, 9.17) is 5.26 Å². The molecule has 0 saturated carbocycles. The Bertz CT molecular complexity index is 722. The Morgan fingerprint density at radius 1 is 1.00 bits per heavy atom. The van der Waals surface area contributed by atoms with Crippen molar-refractivity contribution in [1.29, 1.82) is 5.26 Å². The maximum atomic E-state index is 12.4. The molecule has 0 heterocycles. The number of carbonyl (C=O) groups excluding carboxylic acids is 4. The summed E-state index contributed by atoms with van der Waals surface area (Å²) in [6.07, 6.45) is -0.489. The van der Waals surface area contributed by atoms with E-state index < -0.39 is 42.2 Å². The van der Waals surface area contributed by atoms with E-state index in [1.165, 1.54) is 24.3 Å². The predicted octanol–water partition coefficient (Wildman–Crippen LogP) is 0.182. The molecule has 0 aliphatic rings. The van der Waals surface area contributed by atoms with Crippen molar-refractivity contribution in [3.8, 4) is 6.07 Å². The molecule has 1 amide bonds. The molecule has 0 aliphatic heterocycles. The molecular weight excluding hydrogens is 344 g/mol. The summed E-state index contributed by atoms with van der Waals surface area (Å²) >= 11 is 0. The quantitative estimate of drug-likeness (QED) is 0.537. The minimum absolute atomic E-state index is 0.152. The second kappa shape index (κ2) is 9.78. The van der Waals surface area contributed by atoms with Gasteiger partial charge in [0.1, 0.15) is 6.04 Å². The predicted molar refractivity (Wildman–Crippen MR) is 86.6 cm³/mol. The van der Waals surface area contributed by atoms with Gasteiger partial charge in [0.25, 0.3) is 5.91 Å². The van der Waals surface area contributed by atoms with E-state index in [1.54, 1.807) is 0 Å². The average Bonchev–Trinajstić information content (AvgIpc) is 2.68. The van der Waals surface area contributed by atoms with E-state index in [0.717, 1.165) is 21.3 Å². The van der Waals surface area contributed by atoms with Crippen LogP contribution in [0.2, 0.25) is 0 Å². The lowest BCUT2D eigenvalue weighted by Crippen LogP contribution is -2.50. The molecule has 0 aliphatic carbocycles. The molecule has 9 heteroatoms. The van der Waals surface area contributed by atoms with Crippen LogP contribution >= 0.6 is 0 Å². The van der Waals surface area contributed by atoms with Gasteiger partial charge in [0.15, 0.2) is 0 Å². The normalized spacial score (nSPS) is 12.1. The van der Waals surface area contributed by atoms with Gasteiger partial charge in [0.2, 0.25) is 0 Å². The van der Waals surface area contributed by atoms with E-state index in [1.807, 2.05) is 6.07 Å². The molecule has 1 N–H and O–H groups in total. The molecule has 9 nitrogen and oxygen atoms in total. The van der Waals surface area contributed by atoms with Crippen LogP contribution in [0.3, 0.4) is 0 Å². The van der Waals surface area contributed by atoms with E-state index in [0.29, 0.717) is 5.56 Å². The van der Waals surface area contributed by atoms with Crippen molar-refractivity contribution in [1.82, 2.24) is 5.32 Å². The van der Waals surface area contributed by atoms with Crippen molar-refractivity contribution in [2.24, 2.45) is 5.92 Å². The Balaban J connectivity index is 3.11. The second-order valence-corrected chi connectivity index (χ2v) is 5.07. The van der Waals surface area contributed by atoms with Crippen molar-refractivity contribution >= 4 is 23.8 Å². The van der Waals surface area contributed by atoms with Gasteiger partial charge in [0, 0.05) is 5.56 Å². The summed E-state index contributed by atoms with van der Waals surface area (Å²) in [4.78, 5) is 48.0. The molecule has 0 fully saturated rings. The van der Waals surface area contributed by atoms with Gasteiger partial charge in [-0.2, -0.15) is 5.26 Å². The van der Waals surface area contributed by atoms with Crippen LogP contribution in [0.15, 0.2) is 24.3 Å². The summed E-state index contributed by atoms with van der Waals surface area (Å²) < 4.78 is 13.7. The van der Waals surface area contributed by atoms with Gasteiger partial charge in [0.05, 0.1) is 45.3 Å². The first-order valence-corrected chi connectivity index (χ1v) is 7.41. The van der Waals surface area contributed by atoms with Crippen molar-refractivity contribution in [2.75, 3.05) is 21.3 Å². The molecule has 0 bridgehead atoms. The number of nitrogens with one attached hydrogen (secondary N) is 1. The van der Waals surface area contributed by atoms with E-state index in [2.05, 4.69) is 19.5 Å². The van der Waals surface area contributed by atoms with E-state index in [9.17, 15) is 19.2 Å². The molecular formula is C17H18N2O7. The van der Waals surface area contributed by atoms with E-state index in [-0.39, 0.29) is 5.56 Å².